The van der Waals surface area contributed by atoms with Crippen LogP contribution in [0.3, 0.4) is 0 Å². The molecule has 1 aromatic heterocycles. The van der Waals surface area contributed by atoms with Crippen molar-refractivity contribution in [2.75, 3.05) is 0 Å². The number of nitrogens with one attached hydrogen (secondary N) is 1. The monoisotopic (exact) mass is 347 g/mol. The predicted octanol–water partition coefficient (Wildman–Crippen LogP) is 1.80. The summed E-state index contributed by atoms with van der Waals surface area (Å²) in [5.74, 6) is -0.0546. The van der Waals surface area contributed by atoms with Gasteiger partial charge in [0.1, 0.15) is 11.6 Å². The van der Waals surface area contributed by atoms with Crippen molar-refractivity contribution in [2.45, 2.75) is 11.4 Å². The lowest BCUT2D eigenvalue weighted by atomic mass is 10.3. The summed E-state index contributed by atoms with van der Waals surface area (Å²) in [4.78, 5) is 3.88. The van der Waals surface area contributed by atoms with Crippen molar-refractivity contribution in [1.82, 2.24) is 14.3 Å². The van der Waals surface area contributed by atoms with Crippen molar-refractivity contribution in [3.63, 3.8) is 0 Å². The number of rotatable bonds is 4. The first-order valence-corrected chi connectivity index (χ1v) is 7.59. The Morgan fingerprint density at radius 2 is 2.21 bits per heavy atom. The van der Waals surface area contributed by atoms with E-state index in [0.29, 0.717) is 5.82 Å². The van der Waals surface area contributed by atoms with E-state index in [9.17, 15) is 12.8 Å². The van der Waals surface area contributed by atoms with E-state index in [4.69, 9.17) is 0 Å². The van der Waals surface area contributed by atoms with Gasteiger partial charge in [0, 0.05) is 19.4 Å². The van der Waals surface area contributed by atoms with Gasteiger partial charge in [-0.3, -0.25) is 0 Å². The maximum Gasteiger partial charge on any atom is 0.241 e. The van der Waals surface area contributed by atoms with E-state index in [1.807, 2.05) is 0 Å². The molecule has 1 aromatic carbocycles. The maximum absolute atomic E-state index is 13.3. The number of imidazole rings is 1. The highest BCUT2D eigenvalue weighted by molar-refractivity contribution is 9.10. The van der Waals surface area contributed by atoms with Gasteiger partial charge in [-0.05, 0) is 34.1 Å². The van der Waals surface area contributed by atoms with Gasteiger partial charge in [-0.25, -0.2) is 22.5 Å². The molecule has 0 saturated heterocycles. The minimum absolute atomic E-state index is 0.0452. The fourth-order valence-corrected chi connectivity index (χ4v) is 2.69. The lowest BCUT2D eigenvalue weighted by Gasteiger charge is -2.07. The van der Waals surface area contributed by atoms with Gasteiger partial charge in [0.05, 0.1) is 15.9 Å². The van der Waals surface area contributed by atoms with E-state index in [0.717, 1.165) is 6.07 Å². The lowest BCUT2D eigenvalue weighted by molar-refractivity contribution is 0.573. The molecule has 19 heavy (non-hydrogen) atoms. The van der Waals surface area contributed by atoms with Crippen molar-refractivity contribution in [2.24, 2.45) is 7.05 Å². The van der Waals surface area contributed by atoms with Gasteiger partial charge in [0.15, 0.2) is 0 Å². The topological polar surface area (TPSA) is 64.0 Å². The van der Waals surface area contributed by atoms with Crippen molar-refractivity contribution in [1.29, 1.82) is 0 Å². The summed E-state index contributed by atoms with van der Waals surface area (Å²) >= 11 is 2.97. The van der Waals surface area contributed by atoms with Crippen LogP contribution in [0.1, 0.15) is 5.82 Å². The van der Waals surface area contributed by atoms with Crippen molar-refractivity contribution in [3.05, 3.63) is 46.7 Å². The number of benzene rings is 1. The van der Waals surface area contributed by atoms with Gasteiger partial charge in [-0.2, -0.15) is 0 Å². The fourth-order valence-electron chi connectivity index (χ4n) is 1.45. The zero-order valence-corrected chi connectivity index (χ0v) is 12.4. The van der Waals surface area contributed by atoms with Crippen LogP contribution < -0.4 is 4.72 Å². The van der Waals surface area contributed by atoms with Crippen molar-refractivity contribution in [3.8, 4) is 0 Å². The molecule has 1 heterocycles. The smallest absolute Gasteiger partial charge is 0.241 e. The Morgan fingerprint density at radius 1 is 1.47 bits per heavy atom. The quantitative estimate of drug-likeness (QED) is 0.917. The molecule has 5 nitrogen and oxygen atoms in total. The van der Waals surface area contributed by atoms with Crippen LogP contribution in [-0.2, 0) is 23.6 Å². The van der Waals surface area contributed by atoms with E-state index in [1.54, 1.807) is 24.0 Å². The molecule has 8 heteroatoms. The van der Waals surface area contributed by atoms with E-state index in [-0.39, 0.29) is 15.9 Å². The van der Waals surface area contributed by atoms with Crippen LogP contribution in [-0.4, -0.2) is 18.0 Å². The van der Waals surface area contributed by atoms with E-state index in [1.165, 1.54) is 12.1 Å². The molecular weight excluding hydrogens is 337 g/mol. The number of aromatic nitrogens is 2. The van der Waals surface area contributed by atoms with Crippen LogP contribution in [0.2, 0.25) is 0 Å². The number of hydrogen-bond donors (Lipinski definition) is 1. The first-order valence-electron chi connectivity index (χ1n) is 5.31. The first-order chi connectivity index (χ1) is 8.90. The lowest BCUT2D eigenvalue weighted by Crippen LogP contribution is -2.24. The summed E-state index contributed by atoms with van der Waals surface area (Å²) < 4.78 is 41.6. The first kappa shape index (κ1) is 14.2. The number of aryl methyl sites for hydroxylation is 1. The summed E-state index contributed by atoms with van der Waals surface area (Å²) in [7, 11) is -2.00. The molecule has 0 atom stereocenters. The molecule has 0 radical (unpaired) electrons. The Bertz CT molecular complexity index is 700. The normalized spacial score (nSPS) is 11.7. The molecule has 2 aromatic rings. The Morgan fingerprint density at radius 3 is 2.79 bits per heavy atom. The molecular formula is C11H11BrFN3O2S. The van der Waals surface area contributed by atoms with E-state index >= 15 is 0 Å². The number of hydrogen-bond acceptors (Lipinski definition) is 3. The molecule has 0 spiro atoms. The summed E-state index contributed by atoms with van der Waals surface area (Å²) in [5, 5.41) is 0. The molecule has 0 bridgehead atoms. The van der Waals surface area contributed by atoms with Crippen LogP contribution in [0, 0.1) is 5.82 Å². The zero-order valence-electron chi connectivity index (χ0n) is 9.97. The second kappa shape index (κ2) is 5.40. The summed E-state index contributed by atoms with van der Waals surface area (Å²) in [5.41, 5.74) is 0. The molecule has 0 aliphatic heterocycles. The Kier molecular flexibility index (Phi) is 4.02. The second-order valence-corrected chi connectivity index (χ2v) is 6.48. The third-order valence-corrected chi connectivity index (χ3v) is 4.58. The van der Waals surface area contributed by atoms with Crippen LogP contribution in [0.15, 0.2) is 40.0 Å². The summed E-state index contributed by atoms with van der Waals surface area (Å²) in [6.45, 7) is 0.0452. The molecule has 102 valence electrons. The molecule has 1 N–H and O–H groups in total. The SMILES string of the molecule is Cn1ccnc1CNS(=O)(=O)c1ccc(Br)c(F)c1. The highest BCUT2D eigenvalue weighted by Gasteiger charge is 2.16. The van der Waals surface area contributed by atoms with Crippen LogP contribution >= 0.6 is 15.9 Å². The second-order valence-electron chi connectivity index (χ2n) is 3.85. The maximum atomic E-state index is 13.3. The predicted molar refractivity (Wildman–Crippen MR) is 71.3 cm³/mol. The van der Waals surface area contributed by atoms with Crippen molar-refractivity contribution >= 4 is 26.0 Å². The fraction of sp³-hybridized carbons (Fsp3) is 0.182. The van der Waals surface area contributed by atoms with Crippen LogP contribution in [0.4, 0.5) is 4.39 Å². The minimum Gasteiger partial charge on any atom is -0.337 e. The van der Waals surface area contributed by atoms with E-state index in [2.05, 4.69) is 25.6 Å². The molecule has 2 rings (SSSR count). The Hall–Kier alpha value is -1.25. The van der Waals surface area contributed by atoms with Gasteiger partial charge in [-0.1, -0.05) is 0 Å². The summed E-state index contributed by atoms with van der Waals surface area (Å²) in [6.07, 6.45) is 3.28. The standard InChI is InChI=1S/C11H11BrFN3O2S/c1-16-5-4-14-11(16)7-15-19(17,18)8-2-3-9(12)10(13)6-8/h2-6,15H,7H2,1H3. The van der Waals surface area contributed by atoms with Gasteiger partial charge >= 0.3 is 0 Å². The average Bonchev–Trinajstić information content (AvgIpc) is 2.76. The van der Waals surface area contributed by atoms with Gasteiger partial charge < -0.3 is 4.57 Å². The Balaban J connectivity index is 2.18. The van der Waals surface area contributed by atoms with Crippen LogP contribution in [0.25, 0.3) is 0 Å². The van der Waals surface area contributed by atoms with Crippen molar-refractivity contribution < 1.29 is 12.8 Å². The minimum atomic E-state index is -3.76. The number of sulfonamides is 1. The van der Waals surface area contributed by atoms with Crippen LogP contribution in [0.5, 0.6) is 0 Å². The third-order valence-electron chi connectivity index (χ3n) is 2.54. The molecule has 0 aliphatic rings. The number of halogens is 2. The molecule has 0 unspecified atom stereocenters. The van der Waals surface area contributed by atoms with Gasteiger partial charge in [0.25, 0.3) is 0 Å². The van der Waals surface area contributed by atoms with Gasteiger partial charge in [0.2, 0.25) is 10.0 Å². The number of nitrogens with zero attached hydrogens (tertiary/aromatic N) is 2. The molecule has 0 amide bonds. The average molecular weight is 348 g/mol. The van der Waals surface area contributed by atoms with E-state index < -0.39 is 15.8 Å². The Labute approximate surface area is 118 Å². The third kappa shape index (κ3) is 3.20. The highest BCUT2D eigenvalue weighted by atomic mass is 79.9. The highest BCUT2D eigenvalue weighted by Crippen LogP contribution is 2.19. The molecule has 0 saturated carbocycles. The molecule has 0 aliphatic carbocycles. The van der Waals surface area contributed by atoms with Gasteiger partial charge in [-0.15, -0.1) is 0 Å². The molecule has 0 fully saturated rings. The zero-order chi connectivity index (χ0) is 14.0. The largest absolute Gasteiger partial charge is 0.337 e. The summed E-state index contributed by atoms with van der Waals surface area (Å²) in [6, 6.07) is 3.64.